The Morgan fingerprint density at radius 1 is 1.33 bits per heavy atom. The second-order valence-electron chi connectivity index (χ2n) is 5.45. The zero-order valence-electron chi connectivity index (χ0n) is 12.2. The zero-order valence-corrected chi connectivity index (χ0v) is 12.2. The van der Waals surface area contributed by atoms with Gasteiger partial charge in [0.1, 0.15) is 0 Å². The number of ether oxygens (including phenoxy) is 1. The van der Waals surface area contributed by atoms with Gasteiger partial charge in [0.05, 0.1) is 13.0 Å². The highest BCUT2D eigenvalue weighted by Crippen LogP contribution is 2.26. The highest BCUT2D eigenvalue weighted by atomic mass is 16.5. The number of methoxy groups -OCH3 is 1. The first kappa shape index (κ1) is 15.4. The van der Waals surface area contributed by atoms with E-state index in [2.05, 4.69) is 18.7 Å². The molecule has 4 heteroatoms. The topological polar surface area (TPSA) is 55.6 Å². The smallest absolute Gasteiger partial charge is 0.309 e. The van der Waals surface area contributed by atoms with E-state index in [-0.39, 0.29) is 17.9 Å². The van der Waals surface area contributed by atoms with Gasteiger partial charge in [-0.2, -0.15) is 0 Å². The molecule has 0 aromatic heterocycles. The Morgan fingerprint density at radius 3 is 2.33 bits per heavy atom. The van der Waals surface area contributed by atoms with E-state index in [1.807, 2.05) is 6.92 Å². The first-order valence-corrected chi connectivity index (χ1v) is 7.10. The molecule has 1 rings (SSSR count). The molecule has 1 aliphatic carbocycles. The van der Waals surface area contributed by atoms with E-state index in [0.717, 1.165) is 32.2 Å². The van der Waals surface area contributed by atoms with Crippen molar-refractivity contribution in [2.24, 2.45) is 11.7 Å². The standard InChI is InChI=1S/C14H28N2O2/c1-5-16(11(3)10(2)14(17)18-4)13-8-6-12(15)7-9-13/h10-13H,5-9,15H2,1-4H3. The zero-order chi connectivity index (χ0) is 13.7. The van der Waals surface area contributed by atoms with Crippen molar-refractivity contribution in [2.45, 2.75) is 64.6 Å². The number of carbonyl (C=O) groups excluding carboxylic acids is 1. The normalized spacial score (nSPS) is 27.9. The third kappa shape index (κ3) is 3.69. The maximum atomic E-state index is 11.6. The summed E-state index contributed by atoms with van der Waals surface area (Å²) in [6.07, 6.45) is 4.49. The summed E-state index contributed by atoms with van der Waals surface area (Å²) in [5.74, 6) is -0.195. The molecule has 18 heavy (non-hydrogen) atoms. The van der Waals surface area contributed by atoms with E-state index in [9.17, 15) is 4.79 Å². The molecular weight excluding hydrogens is 228 g/mol. The fourth-order valence-corrected chi connectivity index (χ4v) is 2.98. The predicted octanol–water partition coefficient (Wildman–Crippen LogP) is 1.78. The van der Waals surface area contributed by atoms with Crippen LogP contribution in [-0.4, -0.2) is 42.6 Å². The minimum absolute atomic E-state index is 0.0782. The largest absolute Gasteiger partial charge is 0.469 e. The monoisotopic (exact) mass is 256 g/mol. The van der Waals surface area contributed by atoms with Crippen LogP contribution in [0.3, 0.4) is 0 Å². The van der Waals surface area contributed by atoms with Gasteiger partial charge in [-0.1, -0.05) is 13.8 Å². The second kappa shape index (κ2) is 7.10. The predicted molar refractivity (Wildman–Crippen MR) is 73.3 cm³/mol. The third-order valence-electron chi connectivity index (χ3n) is 4.40. The Hall–Kier alpha value is -0.610. The molecule has 0 radical (unpaired) electrons. The van der Waals surface area contributed by atoms with Crippen LogP contribution in [-0.2, 0) is 9.53 Å². The van der Waals surface area contributed by atoms with Crippen LogP contribution >= 0.6 is 0 Å². The Balaban J connectivity index is 2.62. The second-order valence-corrected chi connectivity index (χ2v) is 5.45. The maximum Gasteiger partial charge on any atom is 0.309 e. The fraction of sp³-hybridized carbons (Fsp3) is 0.929. The summed E-state index contributed by atoms with van der Waals surface area (Å²) in [6.45, 7) is 7.21. The van der Waals surface area contributed by atoms with Crippen LogP contribution in [0.25, 0.3) is 0 Å². The summed E-state index contributed by atoms with van der Waals surface area (Å²) in [5, 5.41) is 0. The lowest BCUT2D eigenvalue weighted by Crippen LogP contribution is -2.49. The molecule has 0 amide bonds. The number of hydrogen-bond donors (Lipinski definition) is 1. The number of nitrogens with zero attached hydrogens (tertiary/aromatic N) is 1. The lowest BCUT2D eigenvalue weighted by Gasteiger charge is -2.40. The van der Waals surface area contributed by atoms with Crippen molar-refractivity contribution in [2.75, 3.05) is 13.7 Å². The third-order valence-corrected chi connectivity index (χ3v) is 4.40. The minimum atomic E-state index is -0.117. The molecule has 0 bridgehead atoms. The number of esters is 1. The molecule has 0 spiro atoms. The summed E-state index contributed by atoms with van der Waals surface area (Å²) in [7, 11) is 1.46. The SMILES string of the molecule is CCN(C1CCC(N)CC1)C(C)C(C)C(=O)OC. The van der Waals surface area contributed by atoms with Crippen LogP contribution in [0.4, 0.5) is 0 Å². The van der Waals surface area contributed by atoms with Crippen molar-refractivity contribution < 1.29 is 9.53 Å². The average Bonchev–Trinajstić information content (AvgIpc) is 2.39. The summed E-state index contributed by atoms with van der Waals surface area (Å²) in [5.41, 5.74) is 5.95. The van der Waals surface area contributed by atoms with E-state index in [0.29, 0.717) is 12.1 Å². The van der Waals surface area contributed by atoms with E-state index in [1.54, 1.807) is 0 Å². The van der Waals surface area contributed by atoms with Crippen molar-refractivity contribution >= 4 is 5.97 Å². The molecular formula is C14H28N2O2. The summed E-state index contributed by atoms with van der Waals surface area (Å²) in [4.78, 5) is 14.1. The number of nitrogens with two attached hydrogens (primary N) is 1. The molecule has 0 heterocycles. The molecule has 2 atom stereocenters. The van der Waals surface area contributed by atoms with Crippen LogP contribution in [0.15, 0.2) is 0 Å². The van der Waals surface area contributed by atoms with E-state index >= 15 is 0 Å². The highest BCUT2D eigenvalue weighted by Gasteiger charge is 2.31. The van der Waals surface area contributed by atoms with E-state index in [1.165, 1.54) is 7.11 Å². The van der Waals surface area contributed by atoms with Crippen LogP contribution in [0.5, 0.6) is 0 Å². The number of rotatable bonds is 5. The molecule has 0 saturated heterocycles. The minimum Gasteiger partial charge on any atom is -0.469 e. The van der Waals surface area contributed by atoms with Crippen molar-refractivity contribution in [1.82, 2.24) is 4.90 Å². The van der Waals surface area contributed by atoms with Crippen LogP contribution in [0.2, 0.25) is 0 Å². The molecule has 1 saturated carbocycles. The Kier molecular flexibility index (Phi) is 6.09. The van der Waals surface area contributed by atoms with Crippen LogP contribution in [0, 0.1) is 5.92 Å². The van der Waals surface area contributed by atoms with Crippen molar-refractivity contribution in [3.63, 3.8) is 0 Å². The molecule has 106 valence electrons. The Morgan fingerprint density at radius 2 is 1.89 bits per heavy atom. The van der Waals surface area contributed by atoms with Crippen molar-refractivity contribution in [1.29, 1.82) is 0 Å². The highest BCUT2D eigenvalue weighted by molar-refractivity contribution is 5.72. The Labute approximate surface area is 111 Å². The van der Waals surface area contributed by atoms with Gasteiger partial charge in [-0.05, 0) is 39.2 Å². The van der Waals surface area contributed by atoms with Gasteiger partial charge in [-0.25, -0.2) is 0 Å². The van der Waals surface area contributed by atoms with Gasteiger partial charge in [0.15, 0.2) is 0 Å². The van der Waals surface area contributed by atoms with Crippen LogP contribution < -0.4 is 5.73 Å². The van der Waals surface area contributed by atoms with Gasteiger partial charge >= 0.3 is 5.97 Å². The van der Waals surface area contributed by atoms with Gasteiger partial charge in [0.25, 0.3) is 0 Å². The molecule has 0 aromatic carbocycles. The number of hydrogen-bond acceptors (Lipinski definition) is 4. The lowest BCUT2D eigenvalue weighted by molar-refractivity contribution is -0.147. The van der Waals surface area contributed by atoms with Gasteiger partial charge in [-0.15, -0.1) is 0 Å². The summed E-state index contributed by atoms with van der Waals surface area (Å²) >= 11 is 0. The molecule has 2 unspecified atom stereocenters. The molecule has 0 aromatic rings. The number of carbonyl (C=O) groups is 1. The maximum absolute atomic E-state index is 11.6. The Bertz CT molecular complexity index is 263. The van der Waals surface area contributed by atoms with Crippen molar-refractivity contribution in [3.05, 3.63) is 0 Å². The van der Waals surface area contributed by atoms with Crippen molar-refractivity contribution in [3.8, 4) is 0 Å². The fourth-order valence-electron chi connectivity index (χ4n) is 2.98. The average molecular weight is 256 g/mol. The summed E-state index contributed by atoms with van der Waals surface area (Å²) < 4.78 is 4.85. The first-order valence-electron chi connectivity index (χ1n) is 7.10. The van der Waals surface area contributed by atoms with Gasteiger partial charge in [-0.3, -0.25) is 9.69 Å². The van der Waals surface area contributed by atoms with Gasteiger partial charge in [0, 0.05) is 18.1 Å². The lowest BCUT2D eigenvalue weighted by atomic mass is 9.88. The van der Waals surface area contributed by atoms with Gasteiger partial charge < -0.3 is 10.5 Å². The van der Waals surface area contributed by atoms with Crippen LogP contribution in [0.1, 0.15) is 46.5 Å². The quantitative estimate of drug-likeness (QED) is 0.762. The molecule has 2 N–H and O–H groups in total. The summed E-state index contributed by atoms with van der Waals surface area (Å²) in [6, 6.07) is 1.16. The molecule has 0 aliphatic heterocycles. The first-order chi connectivity index (χ1) is 8.51. The molecule has 1 aliphatic rings. The van der Waals surface area contributed by atoms with E-state index < -0.39 is 0 Å². The van der Waals surface area contributed by atoms with E-state index in [4.69, 9.17) is 10.5 Å². The molecule has 1 fully saturated rings. The van der Waals surface area contributed by atoms with Gasteiger partial charge in [0.2, 0.25) is 0 Å². The molecule has 4 nitrogen and oxygen atoms in total.